The number of rotatable bonds is 5. The normalized spacial score (nSPS) is 15.2. The fraction of sp³-hybridized carbons (Fsp3) is 0.278. The molecule has 1 amide bonds. The summed E-state index contributed by atoms with van der Waals surface area (Å²) in [4.78, 5) is 14.2. The third kappa shape index (κ3) is 4.24. The predicted octanol–water partition coefficient (Wildman–Crippen LogP) is 2.69. The molecule has 0 spiro atoms. The van der Waals surface area contributed by atoms with Crippen LogP contribution in [-0.2, 0) is 14.6 Å². The Hall–Kier alpha value is -2.25. The Bertz CT molecular complexity index is 843. The zero-order valence-corrected chi connectivity index (χ0v) is 14.4. The number of nitrogens with zero attached hydrogens (tertiary/aromatic N) is 1. The lowest BCUT2D eigenvalue weighted by Crippen LogP contribution is -2.30. The Morgan fingerprint density at radius 3 is 2.04 bits per heavy atom. The molecule has 2 aromatic carbocycles. The average Bonchev–Trinajstić information content (AvgIpc) is 3.08. The summed E-state index contributed by atoms with van der Waals surface area (Å²) in [5.41, 5.74) is 0.544. The van der Waals surface area contributed by atoms with Gasteiger partial charge in [-0.25, -0.2) is 12.8 Å². The van der Waals surface area contributed by atoms with E-state index in [4.69, 9.17) is 0 Å². The van der Waals surface area contributed by atoms with Crippen molar-refractivity contribution >= 4 is 21.4 Å². The first-order valence-electron chi connectivity index (χ1n) is 8.08. The predicted molar refractivity (Wildman–Crippen MR) is 92.6 cm³/mol. The average molecular weight is 362 g/mol. The molecule has 1 saturated heterocycles. The molecule has 0 radical (unpaired) electrons. The molecule has 0 atom stereocenters. The van der Waals surface area contributed by atoms with E-state index in [0.29, 0.717) is 12.2 Å². The molecule has 2 aromatic rings. The molecule has 0 aliphatic carbocycles. The number of halogens is 1. The molecule has 0 unspecified atom stereocenters. The molecule has 0 saturated carbocycles. The summed E-state index contributed by atoms with van der Waals surface area (Å²) in [5.74, 6) is -0.606. The summed E-state index contributed by atoms with van der Waals surface area (Å²) in [6.45, 7) is 2.21. The summed E-state index contributed by atoms with van der Waals surface area (Å²) >= 11 is 0. The number of nitrogens with one attached hydrogen (secondary N) is 1. The Morgan fingerprint density at radius 2 is 1.48 bits per heavy atom. The Morgan fingerprint density at radius 1 is 0.960 bits per heavy atom. The van der Waals surface area contributed by atoms with E-state index < -0.39 is 15.7 Å². The maximum atomic E-state index is 13.0. The van der Waals surface area contributed by atoms with Crippen LogP contribution in [0.5, 0.6) is 0 Å². The van der Waals surface area contributed by atoms with Gasteiger partial charge in [0, 0.05) is 5.69 Å². The molecule has 1 N–H and O–H groups in total. The van der Waals surface area contributed by atoms with Crippen LogP contribution < -0.4 is 5.32 Å². The second kappa shape index (κ2) is 7.33. The van der Waals surface area contributed by atoms with Crippen LogP contribution in [0.1, 0.15) is 12.8 Å². The number of hydrogen-bond donors (Lipinski definition) is 1. The highest BCUT2D eigenvalue weighted by molar-refractivity contribution is 7.91. The SMILES string of the molecule is O=C(CN1CCCC1)Nc1ccc(S(=O)(=O)c2ccc(F)cc2)cc1. The van der Waals surface area contributed by atoms with Crippen LogP contribution in [-0.4, -0.2) is 38.9 Å². The minimum absolute atomic E-state index is 0.0275. The van der Waals surface area contributed by atoms with E-state index >= 15 is 0 Å². The molecular weight excluding hydrogens is 343 g/mol. The molecule has 1 aliphatic rings. The van der Waals surface area contributed by atoms with Crippen LogP contribution in [0, 0.1) is 5.82 Å². The van der Waals surface area contributed by atoms with Gasteiger partial charge in [-0.2, -0.15) is 0 Å². The summed E-state index contributed by atoms with van der Waals surface area (Å²) < 4.78 is 37.9. The fourth-order valence-electron chi connectivity index (χ4n) is 2.81. The first-order valence-corrected chi connectivity index (χ1v) is 9.56. The number of amides is 1. The fourth-order valence-corrected chi connectivity index (χ4v) is 4.07. The molecule has 1 fully saturated rings. The van der Waals surface area contributed by atoms with Crippen molar-refractivity contribution in [2.45, 2.75) is 22.6 Å². The van der Waals surface area contributed by atoms with Crippen molar-refractivity contribution in [1.29, 1.82) is 0 Å². The molecule has 7 heteroatoms. The number of carbonyl (C=O) groups is 1. The Labute approximate surface area is 146 Å². The van der Waals surface area contributed by atoms with Gasteiger partial charge in [0.25, 0.3) is 0 Å². The van der Waals surface area contributed by atoms with E-state index in [-0.39, 0.29) is 15.7 Å². The van der Waals surface area contributed by atoms with Crippen molar-refractivity contribution < 1.29 is 17.6 Å². The molecule has 132 valence electrons. The number of likely N-dealkylation sites (tertiary alicyclic amines) is 1. The summed E-state index contributed by atoms with van der Waals surface area (Å²) in [6.07, 6.45) is 2.23. The van der Waals surface area contributed by atoms with E-state index in [9.17, 15) is 17.6 Å². The smallest absolute Gasteiger partial charge is 0.238 e. The molecular formula is C18H19FN2O3S. The minimum Gasteiger partial charge on any atom is -0.325 e. The zero-order chi connectivity index (χ0) is 17.9. The highest BCUT2D eigenvalue weighted by Crippen LogP contribution is 2.22. The van der Waals surface area contributed by atoms with Crippen molar-refractivity contribution in [3.63, 3.8) is 0 Å². The summed E-state index contributed by atoms with van der Waals surface area (Å²) in [6, 6.07) is 10.7. The highest BCUT2D eigenvalue weighted by Gasteiger charge is 2.18. The van der Waals surface area contributed by atoms with Gasteiger partial charge in [0.2, 0.25) is 15.7 Å². The molecule has 5 nitrogen and oxygen atoms in total. The second-order valence-corrected chi connectivity index (χ2v) is 7.96. The van der Waals surface area contributed by atoms with Gasteiger partial charge in [-0.3, -0.25) is 9.69 Å². The van der Waals surface area contributed by atoms with Gasteiger partial charge < -0.3 is 5.32 Å². The third-order valence-electron chi connectivity index (χ3n) is 4.14. The van der Waals surface area contributed by atoms with Crippen LogP contribution in [0.15, 0.2) is 58.3 Å². The number of anilines is 1. The lowest BCUT2D eigenvalue weighted by molar-refractivity contribution is -0.117. The maximum absolute atomic E-state index is 13.0. The Balaban J connectivity index is 1.69. The number of sulfone groups is 1. The Kier molecular flexibility index (Phi) is 5.15. The maximum Gasteiger partial charge on any atom is 0.238 e. The van der Waals surface area contributed by atoms with Crippen molar-refractivity contribution in [3.8, 4) is 0 Å². The van der Waals surface area contributed by atoms with E-state index in [1.165, 1.54) is 24.3 Å². The summed E-state index contributed by atoms with van der Waals surface area (Å²) in [5, 5.41) is 2.77. The van der Waals surface area contributed by atoms with Crippen LogP contribution in [0.4, 0.5) is 10.1 Å². The molecule has 1 aliphatic heterocycles. The van der Waals surface area contributed by atoms with E-state index in [2.05, 4.69) is 10.2 Å². The van der Waals surface area contributed by atoms with Crippen molar-refractivity contribution in [1.82, 2.24) is 4.90 Å². The number of hydrogen-bond acceptors (Lipinski definition) is 4. The van der Waals surface area contributed by atoms with Crippen LogP contribution in [0.25, 0.3) is 0 Å². The number of benzene rings is 2. The lowest BCUT2D eigenvalue weighted by Gasteiger charge is -2.14. The van der Waals surface area contributed by atoms with Crippen LogP contribution in [0.2, 0.25) is 0 Å². The standard InChI is InChI=1S/C18H19FN2O3S/c19-14-3-7-16(8-4-14)25(23,24)17-9-5-15(6-10-17)20-18(22)13-21-11-1-2-12-21/h3-10H,1-2,11-13H2,(H,20,22). The van der Waals surface area contributed by atoms with Gasteiger partial charge >= 0.3 is 0 Å². The van der Waals surface area contributed by atoms with E-state index in [1.54, 1.807) is 12.1 Å². The van der Waals surface area contributed by atoms with Gasteiger partial charge in [-0.05, 0) is 74.5 Å². The molecule has 1 heterocycles. The van der Waals surface area contributed by atoms with Gasteiger partial charge in [0.1, 0.15) is 5.82 Å². The van der Waals surface area contributed by atoms with Gasteiger partial charge in [0.15, 0.2) is 0 Å². The van der Waals surface area contributed by atoms with Crippen LogP contribution >= 0.6 is 0 Å². The van der Waals surface area contributed by atoms with Gasteiger partial charge in [-0.1, -0.05) is 0 Å². The molecule has 0 bridgehead atoms. The zero-order valence-electron chi connectivity index (χ0n) is 13.6. The van der Waals surface area contributed by atoms with E-state index in [0.717, 1.165) is 38.1 Å². The topological polar surface area (TPSA) is 66.5 Å². The van der Waals surface area contributed by atoms with E-state index in [1.807, 2.05) is 0 Å². The minimum atomic E-state index is -3.71. The largest absolute Gasteiger partial charge is 0.325 e. The molecule has 3 rings (SSSR count). The lowest BCUT2D eigenvalue weighted by atomic mass is 10.3. The van der Waals surface area contributed by atoms with Crippen molar-refractivity contribution in [2.24, 2.45) is 0 Å². The third-order valence-corrected chi connectivity index (χ3v) is 5.92. The first-order chi connectivity index (χ1) is 11.9. The quantitative estimate of drug-likeness (QED) is 0.831. The van der Waals surface area contributed by atoms with Gasteiger partial charge in [0.05, 0.1) is 16.3 Å². The monoisotopic (exact) mass is 362 g/mol. The van der Waals surface area contributed by atoms with Crippen molar-refractivity contribution in [3.05, 3.63) is 54.3 Å². The molecule has 25 heavy (non-hydrogen) atoms. The number of carbonyl (C=O) groups excluding carboxylic acids is 1. The summed E-state index contributed by atoms with van der Waals surface area (Å²) in [7, 11) is -3.71. The molecule has 0 aromatic heterocycles. The highest BCUT2D eigenvalue weighted by atomic mass is 32.2. The second-order valence-electron chi connectivity index (χ2n) is 6.01. The van der Waals surface area contributed by atoms with Gasteiger partial charge in [-0.15, -0.1) is 0 Å². The van der Waals surface area contributed by atoms with Crippen LogP contribution in [0.3, 0.4) is 0 Å². The van der Waals surface area contributed by atoms with Crippen molar-refractivity contribution in [2.75, 3.05) is 25.0 Å². The first kappa shape index (κ1) is 17.6.